The zero-order valence-corrected chi connectivity index (χ0v) is 44.0. The summed E-state index contributed by atoms with van der Waals surface area (Å²) in [5.74, 6) is -0.875. The Labute approximate surface area is 409 Å². The van der Waals surface area contributed by atoms with E-state index in [0.29, 0.717) is 19.3 Å². The minimum atomic E-state index is -0.776. The number of rotatable bonds is 52. The fourth-order valence-corrected chi connectivity index (χ4v) is 8.28. The van der Waals surface area contributed by atoms with Crippen molar-refractivity contribution in [2.75, 3.05) is 13.2 Å². The summed E-state index contributed by atoms with van der Waals surface area (Å²) in [5, 5.41) is 0. The lowest BCUT2D eigenvalue weighted by Gasteiger charge is -2.18. The van der Waals surface area contributed by atoms with E-state index >= 15 is 0 Å². The van der Waals surface area contributed by atoms with Crippen LogP contribution >= 0.6 is 0 Å². The molecule has 0 aromatic heterocycles. The molecule has 0 spiro atoms. The molecular weight excluding hydrogens is 817 g/mol. The molecule has 0 aliphatic rings. The average molecular weight is 926 g/mol. The summed E-state index contributed by atoms with van der Waals surface area (Å²) in [6.07, 6.45) is 66.7. The van der Waals surface area contributed by atoms with Gasteiger partial charge in [0.15, 0.2) is 6.10 Å². The number of esters is 3. The molecule has 0 aliphatic carbocycles. The van der Waals surface area contributed by atoms with Crippen molar-refractivity contribution in [3.63, 3.8) is 0 Å². The van der Waals surface area contributed by atoms with Crippen molar-refractivity contribution in [3.05, 3.63) is 48.6 Å². The molecule has 6 nitrogen and oxygen atoms in total. The topological polar surface area (TPSA) is 78.9 Å². The Morgan fingerprint density at radius 1 is 0.318 bits per heavy atom. The van der Waals surface area contributed by atoms with E-state index in [4.69, 9.17) is 14.2 Å². The van der Waals surface area contributed by atoms with Gasteiger partial charge in [0.2, 0.25) is 0 Å². The maximum atomic E-state index is 12.8. The van der Waals surface area contributed by atoms with Gasteiger partial charge in [-0.05, 0) is 77.0 Å². The van der Waals surface area contributed by atoms with Crippen molar-refractivity contribution in [3.8, 4) is 0 Å². The van der Waals surface area contributed by atoms with E-state index in [2.05, 4.69) is 69.4 Å². The first-order valence-corrected chi connectivity index (χ1v) is 28.6. The van der Waals surface area contributed by atoms with Crippen LogP contribution in [-0.4, -0.2) is 37.2 Å². The molecule has 0 radical (unpaired) electrons. The van der Waals surface area contributed by atoms with E-state index in [1.165, 1.54) is 173 Å². The molecule has 384 valence electrons. The van der Waals surface area contributed by atoms with Crippen molar-refractivity contribution >= 4 is 17.9 Å². The summed E-state index contributed by atoms with van der Waals surface area (Å²) in [5.41, 5.74) is 0. The van der Waals surface area contributed by atoms with Crippen molar-refractivity contribution in [1.29, 1.82) is 0 Å². The highest BCUT2D eigenvalue weighted by atomic mass is 16.6. The molecular formula is C60H108O6. The first-order valence-electron chi connectivity index (χ1n) is 28.6. The zero-order chi connectivity index (χ0) is 47.9. The van der Waals surface area contributed by atoms with E-state index in [-0.39, 0.29) is 31.1 Å². The smallest absolute Gasteiger partial charge is 0.306 e. The maximum Gasteiger partial charge on any atom is 0.306 e. The SMILES string of the molecule is CC/C=C\C/C=C\C/C=C\CCCCCCCCCCCC(=O)OCC(COC(=O)CCCCCCC/C=C\CCCCC)OC(=O)CCCCCCCCCCCCCCCCCCC. The molecule has 0 aromatic carbocycles. The number of ether oxygens (including phenoxy) is 3. The highest BCUT2D eigenvalue weighted by Gasteiger charge is 2.19. The highest BCUT2D eigenvalue weighted by Crippen LogP contribution is 2.16. The predicted molar refractivity (Wildman–Crippen MR) is 284 cm³/mol. The second-order valence-corrected chi connectivity index (χ2v) is 19.2. The third-order valence-corrected chi connectivity index (χ3v) is 12.6. The molecule has 0 saturated carbocycles. The van der Waals surface area contributed by atoms with E-state index in [0.717, 1.165) is 83.5 Å². The first kappa shape index (κ1) is 63.4. The fourth-order valence-electron chi connectivity index (χ4n) is 8.28. The first-order chi connectivity index (χ1) is 32.5. The summed E-state index contributed by atoms with van der Waals surface area (Å²) in [6.45, 7) is 6.53. The highest BCUT2D eigenvalue weighted by molar-refractivity contribution is 5.71. The zero-order valence-electron chi connectivity index (χ0n) is 44.0. The number of hydrogen-bond acceptors (Lipinski definition) is 6. The van der Waals surface area contributed by atoms with Gasteiger partial charge in [-0.3, -0.25) is 14.4 Å². The van der Waals surface area contributed by atoms with E-state index in [1.807, 2.05) is 0 Å². The maximum absolute atomic E-state index is 12.8. The monoisotopic (exact) mass is 925 g/mol. The third kappa shape index (κ3) is 52.3. The molecule has 0 saturated heterocycles. The van der Waals surface area contributed by atoms with Crippen molar-refractivity contribution in [2.24, 2.45) is 0 Å². The summed E-state index contributed by atoms with van der Waals surface area (Å²) < 4.78 is 16.9. The van der Waals surface area contributed by atoms with Crippen molar-refractivity contribution < 1.29 is 28.6 Å². The van der Waals surface area contributed by atoms with E-state index in [9.17, 15) is 14.4 Å². The van der Waals surface area contributed by atoms with Crippen LogP contribution in [0.15, 0.2) is 48.6 Å². The van der Waals surface area contributed by atoms with E-state index < -0.39 is 6.10 Å². The molecule has 1 unspecified atom stereocenters. The van der Waals surface area contributed by atoms with Gasteiger partial charge in [-0.15, -0.1) is 0 Å². The molecule has 6 heteroatoms. The second kappa shape index (κ2) is 55.0. The van der Waals surface area contributed by atoms with Crippen molar-refractivity contribution in [1.82, 2.24) is 0 Å². The van der Waals surface area contributed by atoms with Crippen LogP contribution in [0.2, 0.25) is 0 Å². The van der Waals surface area contributed by atoms with Gasteiger partial charge in [-0.2, -0.15) is 0 Å². The van der Waals surface area contributed by atoms with Crippen LogP contribution in [0, 0.1) is 0 Å². The van der Waals surface area contributed by atoms with Gasteiger partial charge in [0.05, 0.1) is 0 Å². The fraction of sp³-hybridized carbons (Fsp3) is 0.817. The standard InChI is InChI=1S/C60H108O6/c1-4-7-10-13-16-19-22-25-27-29-30-32-33-35-38-41-44-47-50-53-59(62)65-56-57(55-64-58(61)52-49-46-43-40-37-24-21-18-15-12-9-6-3)66-60(63)54-51-48-45-42-39-36-34-31-28-26-23-20-17-14-11-8-5-2/h7,10,16,18-19,21,25,27,57H,4-6,8-9,11-15,17,20,22-24,26,28-56H2,1-3H3/b10-7-,19-16-,21-18-,27-25-. The van der Waals surface area contributed by atoms with Gasteiger partial charge >= 0.3 is 17.9 Å². The lowest BCUT2D eigenvalue weighted by atomic mass is 10.0. The van der Waals surface area contributed by atoms with Crippen LogP contribution in [0.5, 0.6) is 0 Å². The van der Waals surface area contributed by atoms with Crippen LogP contribution in [0.25, 0.3) is 0 Å². The lowest BCUT2D eigenvalue weighted by molar-refractivity contribution is -0.167. The minimum absolute atomic E-state index is 0.0757. The third-order valence-electron chi connectivity index (χ3n) is 12.6. The van der Waals surface area contributed by atoms with Crippen LogP contribution in [-0.2, 0) is 28.6 Å². The molecule has 0 fully saturated rings. The molecule has 1 atom stereocenters. The Morgan fingerprint density at radius 3 is 0.970 bits per heavy atom. The number of allylic oxidation sites excluding steroid dienone is 8. The summed E-state index contributed by atoms with van der Waals surface area (Å²) in [7, 11) is 0. The minimum Gasteiger partial charge on any atom is -0.462 e. The van der Waals surface area contributed by atoms with Gasteiger partial charge in [0, 0.05) is 19.3 Å². The Morgan fingerprint density at radius 2 is 0.591 bits per heavy atom. The summed E-state index contributed by atoms with van der Waals surface area (Å²) in [6, 6.07) is 0. The van der Waals surface area contributed by atoms with Gasteiger partial charge in [-0.1, -0.05) is 249 Å². The molecule has 0 rings (SSSR count). The molecule has 0 aromatic rings. The number of carbonyl (C=O) groups is 3. The predicted octanol–water partition coefficient (Wildman–Crippen LogP) is 19.0. The van der Waals surface area contributed by atoms with Crippen LogP contribution in [0.1, 0.15) is 297 Å². The number of unbranched alkanes of at least 4 members (excludes halogenated alkanes) is 33. The lowest BCUT2D eigenvalue weighted by Crippen LogP contribution is -2.30. The van der Waals surface area contributed by atoms with Crippen molar-refractivity contribution in [2.45, 2.75) is 303 Å². The quantitative estimate of drug-likeness (QED) is 0.0262. The van der Waals surface area contributed by atoms with E-state index in [1.54, 1.807) is 0 Å². The van der Waals surface area contributed by atoms with Crippen LogP contribution < -0.4 is 0 Å². The molecule has 0 aliphatic heterocycles. The van der Waals surface area contributed by atoms with Gasteiger partial charge in [0.25, 0.3) is 0 Å². The van der Waals surface area contributed by atoms with Crippen LogP contribution in [0.3, 0.4) is 0 Å². The second-order valence-electron chi connectivity index (χ2n) is 19.2. The average Bonchev–Trinajstić information content (AvgIpc) is 3.31. The Hall–Kier alpha value is -2.63. The summed E-state index contributed by atoms with van der Waals surface area (Å²) in [4.78, 5) is 38.1. The number of carbonyl (C=O) groups excluding carboxylic acids is 3. The molecule has 66 heavy (non-hydrogen) atoms. The normalized spacial score (nSPS) is 12.3. The Balaban J connectivity index is 4.32. The van der Waals surface area contributed by atoms with Gasteiger partial charge in [0.1, 0.15) is 13.2 Å². The molecule has 0 N–H and O–H groups in total. The van der Waals surface area contributed by atoms with Gasteiger partial charge in [-0.25, -0.2) is 0 Å². The van der Waals surface area contributed by atoms with Crippen LogP contribution in [0.4, 0.5) is 0 Å². The summed E-state index contributed by atoms with van der Waals surface area (Å²) >= 11 is 0. The molecule has 0 bridgehead atoms. The Bertz CT molecular complexity index is 1150. The molecule has 0 amide bonds. The Kier molecular flexibility index (Phi) is 52.8. The molecule has 0 heterocycles. The van der Waals surface area contributed by atoms with Gasteiger partial charge < -0.3 is 14.2 Å². The number of hydrogen-bond donors (Lipinski definition) is 0. The largest absolute Gasteiger partial charge is 0.462 e.